The van der Waals surface area contributed by atoms with Gasteiger partial charge in [-0.3, -0.25) is 0 Å². The number of aryl methyl sites for hydroxylation is 2. The van der Waals surface area contributed by atoms with E-state index >= 15 is 0 Å². The Morgan fingerprint density at radius 3 is 2.84 bits per heavy atom. The average molecular weight is 261 g/mol. The van der Waals surface area contributed by atoms with E-state index in [2.05, 4.69) is 25.4 Å². The molecule has 0 saturated heterocycles. The van der Waals surface area contributed by atoms with Gasteiger partial charge in [-0.25, -0.2) is 4.98 Å². The molecular formula is C11H15N7O. The summed E-state index contributed by atoms with van der Waals surface area (Å²) in [5.74, 6) is 1.83. The van der Waals surface area contributed by atoms with Crippen LogP contribution in [-0.4, -0.2) is 36.0 Å². The van der Waals surface area contributed by atoms with Gasteiger partial charge in [0.15, 0.2) is 17.5 Å². The van der Waals surface area contributed by atoms with Crippen LogP contribution in [0.4, 0.5) is 0 Å². The predicted molar refractivity (Wildman–Crippen MR) is 68.2 cm³/mol. The van der Waals surface area contributed by atoms with Gasteiger partial charge in [-0.05, 0) is 6.07 Å². The Kier molecular flexibility index (Phi) is 3.69. The number of aromatic nitrogens is 5. The highest BCUT2D eigenvalue weighted by molar-refractivity contribution is 5.99. The standard InChI is InChI=1S/C11H15N7O/c1-3-8-14-9(4-2)18(16-8)11-7(10(12)17-19)5-6-13-15-11/h5-6,19H,3-4H2,1-2H3,(H2,12,17). The molecule has 0 atom stereocenters. The summed E-state index contributed by atoms with van der Waals surface area (Å²) in [5.41, 5.74) is 6.09. The zero-order valence-electron chi connectivity index (χ0n) is 10.8. The predicted octanol–water partition coefficient (Wildman–Crippen LogP) is 0.277. The van der Waals surface area contributed by atoms with Crippen molar-refractivity contribution >= 4 is 5.84 Å². The molecule has 0 spiro atoms. The SMILES string of the molecule is CCc1nc(CC)n(-c2nnccc2/C(N)=N/O)n1. The van der Waals surface area contributed by atoms with Crippen molar-refractivity contribution in [3.05, 3.63) is 29.5 Å². The highest BCUT2D eigenvalue weighted by Gasteiger charge is 2.16. The molecule has 0 aliphatic heterocycles. The molecule has 2 aromatic heterocycles. The number of hydrogen-bond acceptors (Lipinski definition) is 6. The van der Waals surface area contributed by atoms with Crippen LogP contribution in [0.15, 0.2) is 17.4 Å². The van der Waals surface area contributed by atoms with Crippen molar-refractivity contribution in [2.24, 2.45) is 10.9 Å². The summed E-state index contributed by atoms with van der Waals surface area (Å²) in [6, 6.07) is 1.62. The molecule has 3 N–H and O–H groups in total. The van der Waals surface area contributed by atoms with Gasteiger partial charge < -0.3 is 10.9 Å². The van der Waals surface area contributed by atoms with Gasteiger partial charge in [0.05, 0.1) is 11.8 Å². The lowest BCUT2D eigenvalue weighted by molar-refractivity contribution is 0.318. The summed E-state index contributed by atoms with van der Waals surface area (Å²) in [5, 5.41) is 24.0. The third-order valence-corrected chi connectivity index (χ3v) is 2.64. The Bertz CT molecular complexity index is 605. The first-order valence-corrected chi connectivity index (χ1v) is 5.96. The van der Waals surface area contributed by atoms with E-state index in [9.17, 15) is 0 Å². The molecule has 2 aromatic rings. The van der Waals surface area contributed by atoms with Crippen LogP contribution >= 0.6 is 0 Å². The Morgan fingerprint density at radius 1 is 1.42 bits per heavy atom. The Labute approximate surface area is 110 Å². The molecular weight excluding hydrogens is 246 g/mol. The van der Waals surface area contributed by atoms with Crippen molar-refractivity contribution in [1.82, 2.24) is 25.0 Å². The Morgan fingerprint density at radius 2 is 2.21 bits per heavy atom. The van der Waals surface area contributed by atoms with Crippen molar-refractivity contribution in [3.8, 4) is 5.82 Å². The molecule has 0 unspecified atom stereocenters. The van der Waals surface area contributed by atoms with E-state index in [1.54, 1.807) is 10.7 Å². The zero-order chi connectivity index (χ0) is 13.8. The average Bonchev–Trinajstić information content (AvgIpc) is 2.89. The monoisotopic (exact) mass is 261 g/mol. The van der Waals surface area contributed by atoms with Gasteiger partial charge >= 0.3 is 0 Å². The molecule has 8 heteroatoms. The fraction of sp³-hybridized carbons (Fsp3) is 0.364. The molecule has 2 rings (SSSR count). The maximum Gasteiger partial charge on any atom is 0.188 e. The molecule has 100 valence electrons. The molecule has 0 bridgehead atoms. The third-order valence-electron chi connectivity index (χ3n) is 2.64. The summed E-state index contributed by atoms with van der Waals surface area (Å²) in [7, 11) is 0. The molecule has 0 aromatic carbocycles. The van der Waals surface area contributed by atoms with E-state index in [0.29, 0.717) is 23.6 Å². The number of nitrogens with two attached hydrogens (primary N) is 1. The molecule has 19 heavy (non-hydrogen) atoms. The van der Waals surface area contributed by atoms with Gasteiger partial charge in [0.2, 0.25) is 0 Å². The third kappa shape index (κ3) is 2.37. The largest absolute Gasteiger partial charge is 0.409 e. The number of hydrogen-bond donors (Lipinski definition) is 2. The highest BCUT2D eigenvalue weighted by atomic mass is 16.4. The topological polar surface area (TPSA) is 115 Å². The second-order valence-corrected chi connectivity index (χ2v) is 3.82. The fourth-order valence-corrected chi connectivity index (χ4v) is 1.67. The highest BCUT2D eigenvalue weighted by Crippen LogP contribution is 2.12. The van der Waals surface area contributed by atoms with Gasteiger partial charge in [-0.15, -0.1) is 10.2 Å². The van der Waals surface area contributed by atoms with Crippen LogP contribution in [0.5, 0.6) is 0 Å². The lowest BCUT2D eigenvalue weighted by Gasteiger charge is -2.07. The number of rotatable bonds is 4. The van der Waals surface area contributed by atoms with Crippen LogP contribution < -0.4 is 5.73 Å². The molecule has 0 aliphatic carbocycles. The molecule has 0 aliphatic rings. The summed E-state index contributed by atoms with van der Waals surface area (Å²) >= 11 is 0. The van der Waals surface area contributed by atoms with Crippen molar-refractivity contribution in [2.75, 3.05) is 0 Å². The van der Waals surface area contributed by atoms with E-state index in [0.717, 1.165) is 12.2 Å². The van der Waals surface area contributed by atoms with Gasteiger partial charge in [0.25, 0.3) is 0 Å². The summed E-state index contributed by atoms with van der Waals surface area (Å²) in [6.45, 7) is 3.94. The van der Waals surface area contributed by atoms with Crippen LogP contribution in [0.25, 0.3) is 5.82 Å². The van der Waals surface area contributed by atoms with Crippen LogP contribution in [0.1, 0.15) is 31.1 Å². The van der Waals surface area contributed by atoms with Crippen molar-refractivity contribution in [3.63, 3.8) is 0 Å². The van der Waals surface area contributed by atoms with Crippen molar-refractivity contribution in [2.45, 2.75) is 26.7 Å². The van der Waals surface area contributed by atoms with Gasteiger partial charge in [-0.2, -0.15) is 9.78 Å². The lowest BCUT2D eigenvalue weighted by Crippen LogP contribution is -2.19. The second kappa shape index (κ2) is 5.42. The summed E-state index contributed by atoms with van der Waals surface area (Å²) < 4.78 is 1.58. The molecule has 0 fully saturated rings. The quantitative estimate of drug-likeness (QED) is 0.353. The van der Waals surface area contributed by atoms with Crippen LogP contribution in [0, 0.1) is 0 Å². The summed E-state index contributed by atoms with van der Waals surface area (Å²) in [4.78, 5) is 4.39. The number of nitrogens with zero attached hydrogens (tertiary/aromatic N) is 6. The number of amidine groups is 1. The van der Waals surface area contributed by atoms with E-state index in [1.807, 2.05) is 13.8 Å². The van der Waals surface area contributed by atoms with Crippen molar-refractivity contribution in [1.29, 1.82) is 0 Å². The van der Waals surface area contributed by atoms with E-state index in [4.69, 9.17) is 10.9 Å². The minimum absolute atomic E-state index is 0.0412. The minimum atomic E-state index is -0.0412. The maximum absolute atomic E-state index is 8.81. The lowest BCUT2D eigenvalue weighted by atomic mass is 10.2. The van der Waals surface area contributed by atoms with Gasteiger partial charge in [0.1, 0.15) is 5.82 Å². The first-order valence-electron chi connectivity index (χ1n) is 5.96. The molecule has 2 heterocycles. The number of oxime groups is 1. The molecule has 0 saturated carbocycles. The van der Waals surface area contributed by atoms with E-state index in [-0.39, 0.29) is 5.84 Å². The first-order chi connectivity index (χ1) is 9.21. The second-order valence-electron chi connectivity index (χ2n) is 3.82. The summed E-state index contributed by atoms with van der Waals surface area (Å²) in [6.07, 6.45) is 2.89. The van der Waals surface area contributed by atoms with Gasteiger partial charge in [-0.1, -0.05) is 19.0 Å². The first kappa shape index (κ1) is 12.9. The maximum atomic E-state index is 8.81. The fourth-order valence-electron chi connectivity index (χ4n) is 1.67. The normalized spacial score (nSPS) is 11.8. The van der Waals surface area contributed by atoms with Crippen LogP contribution in [0.2, 0.25) is 0 Å². The Balaban J connectivity index is 2.61. The van der Waals surface area contributed by atoms with Crippen LogP contribution in [-0.2, 0) is 12.8 Å². The smallest absolute Gasteiger partial charge is 0.188 e. The van der Waals surface area contributed by atoms with E-state index < -0.39 is 0 Å². The zero-order valence-corrected chi connectivity index (χ0v) is 10.8. The molecule has 8 nitrogen and oxygen atoms in total. The van der Waals surface area contributed by atoms with Crippen LogP contribution in [0.3, 0.4) is 0 Å². The minimum Gasteiger partial charge on any atom is -0.409 e. The molecule has 0 radical (unpaired) electrons. The van der Waals surface area contributed by atoms with E-state index in [1.165, 1.54) is 6.20 Å². The van der Waals surface area contributed by atoms with Crippen molar-refractivity contribution < 1.29 is 5.21 Å². The molecule has 0 amide bonds. The van der Waals surface area contributed by atoms with Gasteiger partial charge in [0, 0.05) is 12.8 Å². The Hall–Kier alpha value is -2.51.